The lowest BCUT2D eigenvalue weighted by Crippen LogP contribution is -2.06. The summed E-state index contributed by atoms with van der Waals surface area (Å²) in [6, 6.07) is 7.81. The summed E-state index contributed by atoms with van der Waals surface area (Å²) >= 11 is 12.1. The zero-order valence-electron chi connectivity index (χ0n) is 10.9. The molecule has 1 N–H and O–H groups in total. The van der Waals surface area contributed by atoms with Gasteiger partial charge in [-0.15, -0.1) is 0 Å². The zero-order valence-corrected chi connectivity index (χ0v) is 12.4. The first-order chi connectivity index (χ1) is 9.45. The van der Waals surface area contributed by atoms with Gasteiger partial charge in [0.1, 0.15) is 0 Å². The van der Waals surface area contributed by atoms with Crippen LogP contribution in [0.15, 0.2) is 30.3 Å². The van der Waals surface area contributed by atoms with Crippen molar-refractivity contribution in [2.45, 2.75) is 6.92 Å². The van der Waals surface area contributed by atoms with Gasteiger partial charge in [0, 0.05) is 5.56 Å². The van der Waals surface area contributed by atoms with E-state index in [2.05, 4.69) is 0 Å². The number of carbonyl (C=O) groups is 1. The van der Waals surface area contributed by atoms with Crippen molar-refractivity contribution < 1.29 is 14.6 Å². The Labute approximate surface area is 126 Å². The molecule has 0 aliphatic heterocycles. The van der Waals surface area contributed by atoms with Crippen LogP contribution in [-0.2, 0) is 0 Å². The van der Waals surface area contributed by atoms with Crippen LogP contribution in [0, 0.1) is 6.92 Å². The molecule has 2 aromatic carbocycles. The molecule has 2 aromatic rings. The number of carbonyl (C=O) groups excluding carboxylic acids is 1. The van der Waals surface area contributed by atoms with Gasteiger partial charge in [0.15, 0.2) is 17.3 Å². The first kappa shape index (κ1) is 14.7. The molecule has 0 amide bonds. The highest BCUT2D eigenvalue weighted by atomic mass is 35.5. The fourth-order valence-corrected chi connectivity index (χ4v) is 2.50. The van der Waals surface area contributed by atoms with Gasteiger partial charge in [0.25, 0.3) is 0 Å². The van der Waals surface area contributed by atoms with Crippen molar-refractivity contribution in [2.75, 3.05) is 7.11 Å². The number of ether oxygens (including phenoxy) is 1. The summed E-state index contributed by atoms with van der Waals surface area (Å²) < 4.78 is 5.00. The van der Waals surface area contributed by atoms with E-state index in [-0.39, 0.29) is 27.1 Å². The molecule has 0 saturated carbocycles. The second-order valence-electron chi connectivity index (χ2n) is 4.26. The standard InChI is InChI=1S/C15H12Cl2O3/c1-8-6-13(20-2)12(18)7-9(8)15(19)14-10(16)4-3-5-11(14)17/h3-7,18H,1-2H3. The molecule has 2 rings (SSSR count). The summed E-state index contributed by atoms with van der Waals surface area (Å²) in [5.41, 5.74) is 1.22. The Morgan fingerprint density at radius 3 is 2.35 bits per heavy atom. The summed E-state index contributed by atoms with van der Waals surface area (Å²) in [6.45, 7) is 1.75. The number of benzene rings is 2. The monoisotopic (exact) mass is 310 g/mol. The van der Waals surface area contributed by atoms with Crippen molar-refractivity contribution in [2.24, 2.45) is 0 Å². The van der Waals surface area contributed by atoms with Crippen LogP contribution in [0.3, 0.4) is 0 Å². The van der Waals surface area contributed by atoms with E-state index in [1.807, 2.05) is 0 Å². The number of methoxy groups -OCH3 is 1. The fraction of sp³-hybridized carbons (Fsp3) is 0.133. The number of ketones is 1. The third-order valence-electron chi connectivity index (χ3n) is 2.96. The van der Waals surface area contributed by atoms with Crippen molar-refractivity contribution in [3.63, 3.8) is 0 Å². The normalized spacial score (nSPS) is 10.4. The maximum absolute atomic E-state index is 12.5. The number of phenols is 1. The molecule has 0 saturated heterocycles. The number of aryl methyl sites for hydroxylation is 1. The molecule has 0 unspecified atom stereocenters. The number of halogens is 2. The van der Waals surface area contributed by atoms with Gasteiger partial charge in [-0.3, -0.25) is 4.79 Å². The summed E-state index contributed by atoms with van der Waals surface area (Å²) in [6.07, 6.45) is 0. The van der Waals surface area contributed by atoms with E-state index in [0.29, 0.717) is 16.9 Å². The lowest BCUT2D eigenvalue weighted by atomic mass is 9.98. The highest BCUT2D eigenvalue weighted by Crippen LogP contribution is 2.33. The molecule has 0 aliphatic carbocycles. The van der Waals surface area contributed by atoms with Gasteiger partial charge in [-0.1, -0.05) is 29.3 Å². The Morgan fingerprint density at radius 1 is 1.20 bits per heavy atom. The second-order valence-corrected chi connectivity index (χ2v) is 5.08. The van der Waals surface area contributed by atoms with Crippen LogP contribution < -0.4 is 4.74 Å². The Morgan fingerprint density at radius 2 is 1.80 bits per heavy atom. The van der Waals surface area contributed by atoms with E-state index in [4.69, 9.17) is 27.9 Å². The van der Waals surface area contributed by atoms with Gasteiger partial charge in [-0.25, -0.2) is 0 Å². The molecular weight excluding hydrogens is 299 g/mol. The molecule has 0 heterocycles. The smallest absolute Gasteiger partial charge is 0.196 e. The molecule has 0 atom stereocenters. The predicted octanol–water partition coefficient (Wildman–Crippen LogP) is 4.25. The largest absolute Gasteiger partial charge is 0.504 e. The molecule has 20 heavy (non-hydrogen) atoms. The Balaban J connectivity index is 2.57. The van der Waals surface area contributed by atoms with Crippen molar-refractivity contribution in [3.05, 3.63) is 57.1 Å². The Kier molecular flexibility index (Phi) is 4.21. The summed E-state index contributed by atoms with van der Waals surface area (Å²) in [4.78, 5) is 12.5. The van der Waals surface area contributed by atoms with Gasteiger partial charge in [-0.2, -0.15) is 0 Å². The molecule has 0 radical (unpaired) electrons. The van der Waals surface area contributed by atoms with Gasteiger partial charge in [0.05, 0.1) is 22.7 Å². The number of aromatic hydroxyl groups is 1. The van der Waals surface area contributed by atoms with Crippen molar-refractivity contribution in [1.29, 1.82) is 0 Å². The second kappa shape index (κ2) is 5.73. The molecule has 3 nitrogen and oxygen atoms in total. The highest BCUT2D eigenvalue weighted by Gasteiger charge is 2.20. The van der Waals surface area contributed by atoms with E-state index in [9.17, 15) is 9.90 Å². The molecule has 5 heteroatoms. The first-order valence-corrected chi connectivity index (χ1v) is 6.57. The van der Waals surface area contributed by atoms with Crippen LogP contribution in [0.4, 0.5) is 0 Å². The Hall–Kier alpha value is -1.71. The van der Waals surface area contributed by atoms with Crippen molar-refractivity contribution in [1.82, 2.24) is 0 Å². The third-order valence-corrected chi connectivity index (χ3v) is 3.59. The van der Waals surface area contributed by atoms with E-state index in [0.717, 1.165) is 0 Å². The summed E-state index contributed by atoms with van der Waals surface area (Å²) in [5.74, 6) is -0.134. The molecular formula is C15H12Cl2O3. The van der Waals surface area contributed by atoms with E-state index >= 15 is 0 Å². The van der Waals surface area contributed by atoms with Gasteiger partial charge < -0.3 is 9.84 Å². The van der Waals surface area contributed by atoms with E-state index in [1.54, 1.807) is 31.2 Å². The number of phenolic OH excluding ortho intramolecular Hbond substituents is 1. The molecule has 0 fully saturated rings. The SMILES string of the molecule is COc1cc(C)c(C(=O)c2c(Cl)cccc2Cl)cc1O. The van der Waals surface area contributed by atoms with Crippen LogP contribution >= 0.6 is 23.2 Å². The highest BCUT2D eigenvalue weighted by molar-refractivity contribution is 6.41. The minimum atomic E-state index is -0.337. The lowest BCUT2D eigenvalue weighted by molar-refractivity contribution is 0.103. The van der Waals surface area contributed by atoms with Crippen LogP contribution in [0.1, 0.15) is 21.5 Å². The average molecular weight is 311 g/mol. The molecule has 104 valence electrons. The van der Waals surface area contributed by atoms with E-state index < -0.39 is 0 Å². The molecule has 0 aromatic heterocycles. The average Bonchev–Trinajstić information content (AvgIpc) is 2.40. The fourth-order valence-electron chi connectivity index (χ4n) is 1.93. The number of hydrogen-bond donors (Lipinski definition) is 1. The lowest BCUT2D eigenvalue weighted by Gasteiger charge is -2.11. The third kappa shape index (κ3) is 2.60. The minimum Gasteiger partial charge on any atom is -0.504 e. The van der Waals surface area contributed by atoms with Crippen molar-refractivity contribution >= 4 is 29.0 Å². The van der Waals surface area contributed by atoms with Crippen molar-refractivity contribution in [3.8, 4) is 11.5 Å². The van der Waals surface area contributed by atoms with E-state index in [1.165, 1.54) is 13.2 Å². The summed E-state index contributed by atoms with van der Waals surface area (Å²) in [5, 5.41) is 10.4. The van der Waals surface area contributed by atoms with Crippen LogP contribution in [-0.4, -0.2) is 18.0 Å². The minimum absolute atomic E-state index is 0.107. The van der Waals surface area contributed by atoms with Gasteiger partial charge in [-0.05, 0) is 36.8 Å². The van der Waals surface area contributed by atoms with Crippen LogP contribution in [0.25, 0.3) is 0 Å². The maximum atomic E-state index is 12.5. The van der Waals surface area contributed by atoms with Crippen LogP contribution in [0.5, 0.6) is 11.5 Å². The molecule has 0 bridgehead atoms. The number of hydrogen-bond acceptors (Lipinski definition) is 3. The molecule has 0 spiro atoms. The van der Waals surface area contributed by atoms with Crippen LogP contribution in [0.2, 0.25) is 10.0 Å². The molecule has 0 aliphatic rings. The summed E-state index contributed by atoms with van der Waals surface area (Å²) in [7, 11) is 1.45. The topological polar surface area (TPSA) is 46.5 Å². The van der Waals surface area contributed by atoms with Gasteiger partial charge >= 0.3 is 0 Å². The quantitative estimate of drug-likeness (QED) is 0.862. The predicted molar refractivity (Wildman–Crippen MR) is 79.3 cm³/mol. The Bertz CT molecular complexity index is 661. The number of rotatable bonds is 3. The van der Waals surface area contributed by atoms with Gasteiger partial charge in [0.2, 0.25) is 0 Å². The maximum Gasteiger partial charge on any atom is 0.196 e. The zero-order chi connectivity index (χ0) is 14.9. The first-order valence-electron chi connectivity index (χ1n) is 5.82.